The van der Waals surface area contributed by atoms with Gasteiger partial charge in [0.2, 0.25) is 10.0 Å². The molecule has 0 aliphatic carbocycles. The number of fused-ring (bicyclic) bond motifs is 1. The molecule has 1 unspecified atom stereocenters. The average Bonchev–Trinajstić information content (AvgIpc) is 3.50. The smallest absolute Gasteiger partial charge is 0.277 e. The van der Waals surface area contributed by atoms with Crippen molar-refractivity contribution in [3.05, 3.63) is 34.2 Å². The van der Waals surface area contributed by atoms with Gasteiger partial charge in [-0.2, -0.15) is 5.10 Å². The highest BCUT2D eigenvalue weighted by Crippen LogP contribution is 2.31. The molecule has 0 saturated carbocycles. The number of aryl methyl sites for hydroxylation is 2. The zero-order valence-corrected chi connectivity index (χ0v) is 21.1. The number of aromatic amines is 1. The molecule has 3 aromatic rings. The molecule has 1 fully saturated rings. The van der Waals surface area contributed by atoms with Crippen molar-refractivity contribution in [3.63, 3.8) is 0 Å². The predicted octanol–water partition coefficient (Wildman–Crippen LogP) is 2.83. The Labute approximate surface area is 223 Å². The summed E-state index contributed by atoms with van der Waals surface area (Å²) in [6, 6.07) is 4.29. The van der Waals surface area contributed by atoms with Gasteiger partial charge in [-0.1, -0.05) is 20.2 Å². The maximum absolute atomic E-state index is 13.4. The molecule has 2 N–H and O–H groups in total. The first-order valence-corrected chi connectivity index (χ1v) is 13.3. The van der Waals surface area contributed by atoms with E-state index in [0.717, 1.165) is 19.4 Å². The molecule has 0 bridgehead atoms. The number of hydrogen-bond acceptors (Lipinski definition) is 7. The van der Waals surface area contributed by atoms with Crippen LogP contribution < -0.4 is 15.0 Å². The molecule has 0 amide bonds. The first kappa shape index (κ1) is 17.7. The molecule has 1 aliphatic heterocycles. The average molecular weight is 525 g/mol. The Bertz CT molecular complexity index is 1670. The summed E-state index contributed by atoms with van der Waals surface area (Å²) in [5.74, 6) is -0.0783. The van der Waals surface area contributed by atoms with Gasteiger partial charge in [0.15, 0.2) is 5.52 Å². The summed E-state index contributed by atoms with van der Waals surface area (Å²) in [5.41, 5.74) is -2.66. The van der Waals surface area contributed by atoms with Crippen molar-refractivity contribution < 1.29 is 24.1 Å². The summed E-state index contributed by atoms with van der Waals surface area (Å²) in [6.45, 7) is -2.52. The van der Waals surface area contributed by atoms with Crippen molar-refractivity contribution in [2.75, 3.05) is 26.7 Å². The van der Waals surface area contributed by atoms with Crippen molar-refractivity contribution in [2.24, 2.45) is 6.98 Å². The summed E-state index contributed by atoms with van der Waals surface area (Å²) in [6.07, 6.45) is -0.473. The van der Waals surface area contributed by atoms with Crippen LogP contribution in [0.3, 0.4) is 0 Å². The van der Waals surface area contributed by atoms with E-state index in [1.54, 1.807) is 0 Å². The van der Waals surface area contributed by atoms with Crippen LogP contribution in [0.1, 0.15) is 62.5 Å². The molecule has 4 rings (SSSR count). The number of aromatic nitrogens is 4. The number of H-pyrrole nitrogens is 1. The van der Waals surface area contributed by atoms with Gasteiger partial charge in [-0.25, -0.2) is 18.1 Å². The lowest BCUT2D eigenvalue weighted by Gasteiger charge is -2.19. The van der Waals surface area contributed by atoms with Gasteiger partial charge in [0, 0.05) is 30.5 Å². The quantitative estimate of drug-likeness (QED) is 0.395. The molecule has 0 radical (unpaired) electrons. The molecule has 2 aromatic heterocycles. The van der Waals surface area contributed by atoms with Crippen molar-refractivity contribution in [3.8, 4) is 17.1 Å². The second-order valence-electron chi connectivity index (χ2n) is 8.70. The van der Waals surface area contributed by atoms with Crippen molar-refractivity contribution in [1.29, 1.82) is 0 Å². The number of nitrogens with one attached hydrogen (secondary N) is 2. The van der Waals surface area contributed by atoms with Crippen LogP contribution in [0.4, 0.5) is 0 Å². The standard InChI is InChI=1S/C25H36N6O4S/c1-5-8-20-22-23(31(4)29-20)25(32)28-24(27-22)19-16-18(10-11-21(19)35-15-6-2)36(33,34)26-13-12-17-9-7-14-30(17)3/h10-11,16-17,26H,5-9,12-15H2,1-4H3,(H,27,28,32)/i1D3,4D3,8D2. The van der Waals surface area contributed by atoms with E-state index in [1.807, 2.05) is 14.0 Å². The molecule has 11 heteroatoms. The van der Waals surface area contributed by atoms with E-state index in [9.17, 15) is 13.2 Å². The van der Waals surface area contributed by atoms with Crippen molar-refractivity contribution in [1.82, 2.24) is 29.4 Å². The number of hydrogen-bond donors (Lipinski definition) is 2. The zero-order chi connectivity index (χ0) is 32.7. The third-order valence-corrected chi connectivity index (χ3v) is 7.66. The van der Waals surface area contributed by atoms with E-state index < -0.39 is 58.9 Å². The Hall–Kier alpha value is -2.76. The van der Waals surface area contributed by atoms with Gasteiger partial charge < -0.3 is 14.6 Å². The van der Waals surface area contributed by atoms with Gasteiger partial charge in [0.05, 0.1) is 22.8 Å². The molecular weight excluding hydrogens is 480 g/mol. The second-order valence-corrected chi connectivity index (χ2v) is 10.5. The number of rotatable bonds is 11. The van der Waals surface area contributed by atoms with Gasteiger partial charge in [0.1, 0.15) is 17.1 Å². The fraction of sp³-hybridized carbons (Fsp3) is 0.560. The monoisotopic (exact) mass is 524 g/mol. The molecule has 1 saturated heterocycles. The Morgan fingerprint density at radius 3 is 2.94 bits per heavy atom. The molecule has 0 spiro atoms. The molecule has 1 aliphatic rings. The summed E-state index contributed by atoms with van der Waals surface area (Å²) in [5, 5.41) is 3.82. The number of ether oxygens (including phenoxy) is 1. The van der Waals surface area contributed by atoms with Crippen molar-refractivity contribution >= 4 is 21.1 Å². The van der Waals surface area contributed by atoms with Crippen LogP contribution in [0.25, 0.3) is 22.4 Å². The first-order valence-electron chi connectivity index (χ1n) is 15.9. The number of nitrogens with zero attached hydrogens (tertiary/aromatic N) is 4. The normalized spacial score (nSPS) is 21.1. The molecule has 196 valence electrons. The maximum atomic E-state index is 13.4. The fourth-order valence-electron chi connectivity index (χ4n) is 4.34. The SMILES string of the molecule is [2H]C([2H])([2H])CC([2H])([2H])c1nn(C([2H])([2H])[2H])c2c(=O)[nH]c(-c3cc(S(=O)(=O)NCCC4CCCN4C)ccc3OCCC)nc12. The Morgan fingerprint density at radius 2 is 2.22 bits per heavy atom. The Kier molecular flexibility index (Phi) is 5.44. The Balaban J connectivity index is 1.84. The lowest BCUT2D eigenvalue weighted by atomic mass is 10.1. The van der Waals surface area contributed by atoms with Gasteiger partial charge in [0.25, 0.3) is 5.56 Å². The van der Waals surface area contributed by atoms with Crippen LogP contribution in [0.2, 0.25) is 0 Å². The van der Waals surface area contributed by atoms with Gasteiger partial charge in [-0.15, -0.1) is 0 Å². The highest BCUT2D eigenvalue weighted by atomic mass is 32.2. The van der Waals surface area contributed by atoms with Crippen LogP contribution in [0.5, 0.6) is 5.75 Å². The third-order valence-electron chi connectivity index (χ3n) is 6.21. The molecule has 1 atom stereocenters. The minimum Gasteiger partial charge on any atom is -0.493 e. The van der Waals surface area contributed by atoms with E-state index in [4.69, 9.17) is 15.7 Å². The van der Waals surface area contributed by atoms with Crippen molar-refractivity contribution in [2.45, 2.75) is 63.2 Å². The molecule has 36 heavy (non-hydrogen) atoms. The van der Waals surface area contributed by atoms with E-state index in [1.165, 1.54) is 18.2 Å². The summed E-state index contributed by atoms with van der Waals surface area (Å²) < 4.78 is 98.3. The first-order chi connectivity index (χ1) is 20.3. The third kappa shape index (κ3) is 5.47. The lowest BCUT2D eigenvalue weighted by molar-refractivity contribution is 0.297. The number of sulfonamides is 1. The molecule has 1 aromatic carbocycles. The summed E-state index contributed by atoms with van der Waals surface area (Å²) in [7, 11) is -2.01. The molecule has 3 heterocycles. The van der Waals surface area contributed by atoms with E-state index in [-0.39, 0.29) is 41.2 Å². The van der Waals surface area contributed by atoms with E-state index >= 15 is 0 Å². The summed E-state index contributed by atoms with van der Waals surface area (Å²) >= 11 is 0. The Morgan fingerprint density at radius 1 is 1.36 bits per heavy atom. The van der Waals surface area contributed by atoms with E-state index in [2.05, 4.69) is 24.7 Å². The minimum atomic E-state index is -4.01. The highest BCUT2D eigenvalue weighted by molar-refractivity contribution is 7.89. The number of likely N-dealkylation sites (tertiary alicyclic amines) is 1. The van der Waals surface area contributed by atoms with E-state index in [0.29, 0.717) is 17.5 Å². The second kappa shape index (κ2) is 11.1. The fourth-order valence-corrected chi connectivity index (χ4v) is 5.42. The topological polar surface area (TPSA) is 122 Å². The number of benzene rings is 1. The van der Waals surface area contributed by atoms with Gasteiger partial charge >= 0.3 is 0 Å². The van der Waals surface area contributed by atoms with Crippen LogP contribution in [0, 0.1) is 0 Å². The van der Waals surface area contributed by atoms with Crippen LogP contribution >= 0.6 is 0 Å². The minimum absolute atomic E-state index is 0.0415. The van der Waals surface area contributed by atoms with Crippen LogP contribution in [0.15, 0.2) is 27.9 Å². The highest BCUT2D eigenvalue weighted by Gasteiger charge is 2.23. The van der Waals surface area contributed by atoms with Crippen LogP contribution in [-0.2, 0) is 23.4 Å². The molecular formula is C25H36N6O4S. The predicted molar refractivity (Wildman–Crippen MR) is 140 cm³/mol. The maximum Gasteiger partial charge on any atom is 0.277 e. The van der Waals surface area contributed by atoms with Gasteiger partial charge in [-0.3, -0.25) is 9.48 Å². The molecule has 10 nitrogen and oxygen atoms in total. The van der Waals surface area contributed by atoms with Gasteiger partial charge in [-0.05, 0) is 63.8 Å². The zero-order valence-electron chi connectivity index (χ0n) is 28.3. The lowest BCUT2D eigenvalue weighted by Crippen LogP contribution is -2.31. The summed E-state index contributed by atoms with van der Waals surface area (Å²) in [4.78, 5) is 22.2. The largest absolute Gasteiger partial charge is 0.493 e. The van der Waals surface area contributed by atoms with Crippen LogP contribution in [-0.4, -0.2) is 65.9 Å².